The lowest BCUT2D eigenvalue weighted by atomic mass is 9.98. The quantitative estimate of drug-likeness (QED) is 0.0604. The summed E-state index contributed by atoms with van der Waals surface area (Å²) in [6, 6.07) is 5.06. The lowest BCUT2D eigenvalue weighted by Crippen LogP contribution is -2.58. The summed E-state index contributed by atoms with van der Waals surface area (Å²) in [7, 11) is 0. The summed E-state index contributed by atoms with van der Waals surface area (Å²) in [5, 5.41) is 17.6. The minimum absolute atomic E-state index is 0.0848. The zero-order valence-electron chi connectivity index (χ0n) is 23.5. The minimum Gasteiger partial charge on any atom is -0.480 e. The second-order valence-electron chi connectivity index (χ2n) is 9.86. The predicted octanol–water partition coefficient (Wildman–Crippen LogP) is -0.676. The summed E-state index contributed by atoms with van der Waals surface area (Å²) in [4.78, 5) is 55.1. The molecule has 40 heavy (non-hydrogen) atoms. The molecule has 1 rings (SSSR count). The molecule has 12 N–H and O–H groups in total. The molecule has 0 aliphatic rings. The Kier molecular flexibility index (Phi) is 15.9. The number of carbonyl (C=O) groups excluding carboxylic acids is 3. The maximum atomic E-state index is 13.5. The van der Waals surface area contributed by atoms with E-state index in [9.17, 15) is 24.3 Å². The lowest BCUT2D eigenvalue weighted by molar-refractivity contribution is -0.142. The molecular weight excluding hydrogens is 516 g/mol. The highest BCUT2D eigenvalue weighted by atomic mass is 16.4. The molecule has 13 nitrogen and oxygen atoms in total. The van der Waals surface area contributed by atoms with Crippen molar-refractivity contribution in [3.63, 3.8) is 0 Å². The van der Waals surface area contributed by atoms with Crippen LogP contribution in [0.25, 0.3) is 0 Å². The van der Waals surface area contributed by atoms with Crippen LogP contribution in [0, 0.1) is 5.92 Å². The molecule has 5 unspecified atom stereocenters. The fraction of sp³-hybridized carbons (Fsp3) is 0.593. The second kappa shape index (κ2) is 18.6. The van der Waals surface area contributed by atoms with Gasteiger partial charge in [-0.3, -0.25) is 19.4 Å². The third kappa shape index (κ3) is 12.9. The van der Waals surface area contributed by atoms with Gasteiger partial charge in [0.2, 0.25) is 17.7 Å². The molecule has 0 aliphatic carbocycles. The Balaban J connectivity index is 3.08. The predicted molar refractivity (Wildman–Crippen MR) is 154 cm³/mol. The number of carbonyl (C=O) groups is 4. The van der Waals surface area contributed by atoms with Crippen molar-refractivity contribution >= 4 is 29.7 Å². The molecule has 0 spiro atoms. The fourth-order valence-electron chi connectivity index (χ4n) is 3.91. The van der Waals surface area contributed by atoms with Gasteiger partial charge in [0.15, 0.2) is 5.96 Å². The summed E-state index contributed by atoms with van der Waals surface area (Å²) in [6.07, 6.45) is 2.62. The van der Waals surface area contributed by atoms with Crippen LogP contribution < -0.4 is 38.9 Å². The first-order valence-corrected chi connectivity index (χ1v) is 13.7. The Morgan fingerprint density at radius 2 is 1.45 bits per heavy atom. The Hall–Kier alpha value is -3.71. The number of unbranched alkanes of at least 4 members (excludes halogenated alkanes) is 1. The van der Waals surface area contributed by atoms with Crippen molar-refractivity contribution in [3.8, 4) is 0 Å². The zero-order valence-corrected chi connectivity index (χ0v) is 23.5. The van der Waals surface area contributed by atoms with E-state index < -0.39 is 47.9 Å². The third-order valence-corrected chi connectivity index (χ3v) is 6.62. The van der Waals surface area contributed by atoms with Gasteiger partial charge in [-0.05, 0) is 50.1 Å². The van der Waals surface area contributed by atoms with Crippen LogP contribution in [0.2, 0.25) is 0 Å². The molecule has 5 atom stereocenters. The number of nitrogens with one attached hydrogen (secondary N) is 3. The molecule has 0 heterocycles. The maximum absolute atomic E-state index is 13.5. The molecule has 1 aromatic carbocycles. The standard InChI is InChI=1S/C27H46N8O5/c1-3-17(2)22(29)25(38)35-21(16-18-10-5-4-6-11-18)24(37)33-19(12-7-8-14-28)23(36)34-20(26(39)40)13-9-15-32-27(30)31/h4-6,10-11,17,19-22H,3,7-9,12-16,28-29H2,1-2H3,(H,33,37)(H,34,36)(H,35,38)(H,39,40)(H4,30,31,32). The van der Waals surface area contributed by atoms with Gasteiger partial charge in [-0.15, -0.1) is 0 Å². The normalized spacial score (nSPS) is 14.6. The first-order chi connectivity index (χ1) is 19.0. The summed E-state index contributed by atoms with van der Waals surface area (Å²) in [6.45, 7) is 4.37. The van der Waals surface area contributed by atoms with Crippen molar-refractivity contribution in [2.24, 2.45) is 33.8 Å². The van der Waals surface area contributed by atoms with Gasteiger partial charge in [0.25, 0.3) is 0 Å². The van der Waals surface area contributed by atoms with Crippen molar-refractivity contribution in [2.45, 2.75) is 83.0 Å². The summed E-state index contributed by atoms with van der Waals surface area (Å²) < 4.78 is 0. The molecule has 0 fully saturated rings. The highest BCUT2D eigenvalue weighted by molar-refractivity contribution is 5.94. The molecule has 1 aromatic rings. The van der Waals surface area contributed by atoms with Crippen LogP contribution in [-0.4, -0.2) is 72.0 Å². The number of carboxylic acid groups (broad SMARTS) is 1. The molecule has 0 aromatic heterocycles. The number of carboxylic acids is 1. The monoisotopic (exact) mass is 562 g/mol. The number of hydrogen-bond donors (Lipinski definition) is 8. The van der Waals surface area contributed by atoms with Gasteiger partial charge in [0.05, 0.1) is 6.04 Å². The van der Waals surface area contributed by atoms with Crippen LogP contribution in [0.1, 0.15) is 57.9 Å². The smallest absolute Gasteiger partial charge is 0.326 e. The van der Waals surface area contributed by atoms with E-state index >= 15 is 0 Å². The number of benzene rings is 1. The second-order valence-corrected chi connectivity index (χ2v) is 9.86. The number of nitrogens with zero attached hydrogens (tertiary/aromatic N) is 1. The van der Waals surface area contributed by atoms with E-state index in [4.69, 9.17) is 22.9 Å². The molecule has 0 saturated heterocycles. The fourth-order valence-corrected chi connectivity index (χ4v) is 3.91. The van der Waals surface area contributed by atoms with Crippen LogP contribution in [0.5, 0.6) is 0 Å². The van der Waals surface area contributed by atoms with Gasteiger partial charge in [-0.2, -0.15) is 0 Å². The van der Waals surface area contributed by atoms with E-state index in [1.165, 1.54) is 0 Å². The number of aliphatic imine (C=N–C) groups is 1. The lowest BCUT2D eigenvalue weighted by Gasteiger charge is -2.26. The van der Waals surface area contributed by atoms with Crippen molar-refractivity contribution in [2.75, 3.05) is 13.1 Å². The molecule has 0 saturated carbocycles. The Morgan fingerprint density at radius 1 is 0.875 bits per heavy atom. The van der Waals surface area contributed by atoms with Crippen LogP contribution >= 0.6 is 0 Å². The number of nitrogens with two attached hydrogens (primary N) is 4. The number of guanidine groups is 1. The molecule has 0 aliphatic heterocycles. The Labute approximate surface area is 235 Å². The third-order valence-electron chi connectivity index (χ3n) is 6.62. The molecular formula is C27H46N8O5. The molecule has 3 amide bonds. The SMILES string of the molecule is CCC(C)C(N)C(=O)NC(Cc1ccccc1)C(=O)NC(CCCCN)C(=O)NC(CCCN=C(N)N)C(=O)O. The van der Waals surface area contributed by atoms with E-state index in [1.54, 1.807) is 0 Å². The van der Waals surface area contributed by atoms with Crippen LogP contribution in [0.4, 0.5) is 0 Å². The van der Waals surface area contributed by atoms with Gasteiger partial charge in [0.1, 0.15) is 18.1 Å². The number of amides is 3. The largest absolute Gasteiger partial charge is 0.480 e. The van der Waals surface area contributed by atoms with Gasteiger partial charge >= 0.3 is 5.97 Å². The highest BCUT2D eigenvalue weighted by Crippen LogP contribution is 2.10. The summed E-state index contributed by atoms with van der Waals surface area (Å²) in [5.74, 6) is -3.14. The number of aliphatic carboxylic acids is 1. The van der Waals surface area contributed by atoms with Gasteiger partial charge in [-0.1, -0.05) is 50.6 Å². The van der Waals surface area contributed by atoms with Gasteiger partial charge in [0, 0.05) is 13.0 Å². The Morgan fingerprint density at radius 3 is 2.02 bits per heavy atom. The average molecular weight is 563 g/mol. The van der Waals surface area contributed by atoms with E-state index in [1.807, 2.05) is 44.2 Å². The Bertz CT molecular complexity index is 971. The molecule has 0 radical (unpaired) electrons. The first-order valence-electron chi connectivity index (χ1n) is 13.7. The van der Waals surface area contributed by atoms with E-state index in [0.717, 1.165) is 5.56 Å². The van der Waals surface area contributed by atoms with E-state index in [2.05, 4.69) is 20.9 Å². The molecule has 13 heteroatoms. The zero-order chi connectivity index (χ0) is 30.1. The molecule has 224 valence electrons. The number of hydrogen-bond acceptors (Lipinski definition) is 7. The molecule has 0 bridgehead atoms. The summed E-state index contributed by atoms with van der Waals surface area (Å²) >= 11 is 0. The minimum atomic E-state index is -1.22. The van der Waals surface area contributed by atoms with Crippen LogP contribution in [0.15, 0.2) is 35.3 Å². The van der Waals surface area contributed by atoms with Crippen molar-refractivity contribution in [3.05, 3.63) is 35.9 Å². The first kappa shape index (κ1) is 34.3. The van der Waals surface area contributed by atoms with Gasteiger partial charge in [-0.25, -0.2) is 4.79 Å². The van der Waals surface area contributed by atoms with Crippen LogP contribution in [0.3, 0.4) is 0 Å². The maximum Gasteiger partial charge on any atom is 0.326 e. The van der Waals surface area contributed by atoms with Gasteiger partial charge < -0.3 is 44.0 Å². The van der Waals surface area contributed by atoms with Crippen molar-refractivity contribution in [1.29, 1.82) is 0 Å². The highest BCUT2D eigenvalue weighted by Gasteiger charge is 2.31. The van der Waals surface area contributed by atoms with Crippen molar-refractivity contribution < 1.29 is 24.3 Å². The topological polar surface area (TPSA) is 241 Å². The van der Waals surface area contributed by atoms with Crippen molar-refractivity contribution in [1.82, 2.24) is 16.0 Å². The van der Waals surface area contributed by atoms with E-state index in [-0.39, 0.29) is 37.7 Å². The summed E-state index contributed by atoms with van der Waals surface area (Å²) in [5.41, 5.74) is 23.1. The average Bonchev–Trinajstić information content (AvgIpc) is 2.92. The van der Waals surface area contributed by atoms with E-state index in [0.29, 0.717) is 32.2 Å². The number of rotatable bonds is 19. The van der Waals surface area contributed by atoms with Crippen LogP contribution in [-0.2, 0) is 25.6 Å².